The van der Waals surface area contributed by atoms with Crippen LogP contribution >= 0.6 is 0 Å². The number of aromatic nitrogens is 2. The zero-order valence-electron chi connectivity index (χ0n) is 11.9. The van der Waals surface area contributed by atoms with Gasteiger partial charge in [-0.15, -0.1) is 0 Å². The highest BCUT2D eigenvalue weighted by Gasteiger charge is 2.30. The third kappa shape index (κ3) is 3.37. The molecule has 2 fully saturated rings. The number of hydrogen-bond acceptors (Lipinski definition) is 4. The summed E-state index contributed by atoms with van der Waals surface area (Å²) < 4.78 is 5.79. The van der Waals surface area contributed by atoms with Crippen LogP contribution in [-0.2, 0) is 4.74 Å². The number of carbonyl (C=O) groups excluding carboxylic acids is 1. The highest BCUT2D eigenvalue weighted by atomic mass is 16.5. The lowest BCUT2D eigenvalue weighted by atomic mass is 10.2. The largest absolute Gasteiger partial charge is 0.374 e. The van der Waals surface area contributed by atoms with E-state index < -0.39 is 0 Å². The summed E-state index contributed by atoms with van der Waals surface area (Å²) in [6.45, 7) is 4.12. The molecule has 2 aliphatic rings. The zero-order chi connectivity index (χ0) is 13.9. The van der Waals surface area contributed by atoms with Gasteiger partial charge < -0.3 is 14.5 Å². The summed E-state index contributed by atoms with van der Waals surface area (Å²) in [5.74, 6) is 0.731. The lowest BCUT2D eigenvalue weighted by Crippen LogP contribution is -2.48. The number of carbonyl (C=O) groups is 1. The van der Waals surface area contributed by atoms with Gasteiger partial charge in [-0.3, -0.25) is 9.89 Å². The van der Waals surface area contributed by atoms with E-state index in [-0.39, 0.29) is 12.0 Å². The van der Waals surface area contributed by atoms with Crippen molar-refractivity contribution in [3.63, 3.8) is 0 Å². The van der Waals surface area contributed by atoms with Crippen molar-refractivity contribution in [1.82, 2.24) is 20.0 Å². The molecule has 6 nitrogen and oxygen atoms in total. The number of aromatic amines is 1. The molecule has 1 aromatic heterocycles. The Morgan fingerprint density at radius 1 is 1.55 bits per heavy atom. The van der Waals surface area contributed by atoms with Gasteiger partial charge in [0.2, 0.25) is 0 Å². The minimum atomic E-state index is 0.0578. The maximum Gasteiger partial charge on any atom is 0.257 e. The number of nitrogens with zero attached hydrogens (tertiary/aromatic N) is 3. The van der Waals surface area contributed by atoms with E-state index in [0.29, 0.717) is 18.0 Å². The average Bonchev–Trinajstić information content (AvgIpc) is 3.08. The molecule has 1 amide bonds. The number of amides is 1. The van der Waals surface area contributed by atoms with Gasteiger partial charge in [-0.05, 0) is 25.8 Å². The lowest BCUT2D eigenvalue weighted by Gasteiger charge is -2.34. The first-order valence-corrected chi connectivity index (χ1v) is 7.30. The Morgan fingerprint density at radius 3 is 3.05 bits per heavy atom. The van der Waals surface area contributed by atoms with E-state index >= 15 is 0 Å². The predicted molar refractivity (Wildman–Crippen MR) is 74.5 cm³/mol. The Hall–Kier alpha value is -1.40. The smallest absolute Gasteiger partial charge is 0.257 e. The lowest BCUT2D eigenvalue weighted by molar-refractivity contribution is -0.0331. The molecule has 0 radical (unpaired) electrons. The Bertz CT molecular complexity index is 444. The van der Waals surface area contributed by atoms with Crippen molar-refractivity contribution < 1.29 is 9.53 Å². The highest BCUT2D eigenvalue weighted by molar-refractivity contribution is 5.93. The molecule has 1 atom stereocenters. The molecule has 1 aromatic rings. The first kappa shape index (κ1) is 13.6. The van der Waals surface area contributed by atoms with Gasteiger partial charge in [-0.1, -0.05) is 0 Å². The molecule has 110 valence electrons. The molecule has 0 bridgehead atoms. The van der Waals surface area contributed by atoms with Gasteiger partial charge in [0.1, 0.15) is 0 Å². The van der Waals surface area contributed by atoms with E-state index in [1.807, 2.05) is 4.90 Å². The van der Waals surface area contributed by atoms with Crippen molar-refractivity contribution in [2.24, 2.45) is 5.92 Å². The van der Waals surface area contributed by atoms with Gasteiger partial charge in [0.15, 0.2) is 0 Å². The van der Waals surface area contributed by atoms with Crippen LogP contribution in [0.2, 0.25) is 0 Å². The van der Waals surface area contributed by atoms with Gasteiger partial charge >= 0.3 is 0 Å². The standard InChI is InChI=1S/C14H22N4O2/c1-17-4-5-20-13(9-17)10-18(8-11-2-3-11)14(19)12-6-15-16-7-12/h6-7,11,13H,2-5,8-10H2,1H3,(H,15,16). The molecule has 6 heteroatoms. The van der Waals surface area contributed by atoms with E-state index in [1.165, 1.54) is 12.8 Å². The van der Waals surface area contributed by atoms with Crippen LogP contribution in [0.3, 0.4) is 0 Å². The molecular formula is C14H22N4O2. The van der Waals surface area contributed by atoms with Gasteiger partial charge in [-0.25, -0.2) is 0 Å². The first-order valence-electron chi connectivity index (χ1n) is 7.30. The van der Waals surface area contributed by atoms with Crippen LogP contribution in [0.25, 0.3) is 0 Å². The summed E-state index contributed by atoms with van der Waals surface area (Å²) in [6, 6.07) is 0. The minimum absolute atomic E-state index is 0.0578. The summed E-state index contributed by atoms with van der Waals surface area (Å²) in [7, 11) is 2.10. The van der Waals surface area contributed by atoms with Gasteiger partial charge in [-0.2, -0.15) is 5.10 Å². The number of likely N-dealkylation sites (N-methyl/N-ethyl adjacent to an activating group) is 1. The molecule has 1 aliphatic heterocycles. The number of morpholine rings is 1. The van der Waals surface area contributed by atoms with E-state index in [1.54, 1.807) is 12.4 Å². The molecule has 20 heavy (non-hydrogen) atoms. The quantitative estimate of drug-likeness (QED) is 0.856. The fourth-order valence-corrected chi connectivity index (χ4v) is 2.63. The third-order valence-corrected chi connectivity index (χ3v) is 3.97. The van der Waals surface area contributed by atoms with Crippen LogP contribution in [0.1, 0.15) is 23.2 Å². The maximum absolute atomic E-state index is 12.5. The van der Waals surface area contributed by atoms with Crippen LogP contribution < -0.4 is 0 Å². The van der Waals surface area contributed by atoms with E-state index in [2.05, 4.69) is 22.1 Å². The molecule has 1 unspecified atom stereocenters. The maximum atomic E-state index is 12.5. The second kappa shape index (κ2) is 5.93. The second-order valence-corrected chi connectivity index (χ2v) is 5.90. The normalized spacial score (nSPS) is 23.8. The van der Waals surface area contributed by atoms with E-state index in [0.717, 1.165) is 26.2 Å². The summed E-state index contributed by atoms with van der Waals surface area (Å²) in [5.41, 5.74) is 0.634. The third-order valence-electron chi connectivity index (χ3n) is 3.97. The molecule has 0 aromatic carbocycles. The van der Waals surface area contributed by atoms with Crippen molar-refractivity contribution in [3.05, 3.63) is 18.0 Å². The summed E-state index contributed by atoms with van der Waals surface area (Å²) in [5, 5.41) is 6.58. The Kier molecular flexibility index (Phi) is 4.03. The molecule has 1 saturated heterocycles. The minimum Gasteiger partial charge on any atom is -0.374 e. The molecule has 1 aliphatic carbocycles. The van der Waals surface area contributed by atoms with Crippen LogP contribution in [0.4, 0.5) is 0 Å². The number of ether oxygens (including phenoxy) is 1. The van der Waals surface area contributed by atoms with E-state index in [9.17, 15) is 4.79 Å². The molecule has 3 rings (SSSR count). The fourth-order valence-electron chi connectivity index (χ4n) is 2.63. The van der Waals surface area contributed by atoms with Crippen LogP contribution in [0, 0.1) is 5.92 Å². The Labute approximate surface area is 119 Å². The molecule has 2 heterocycles. The highest BCUT2D eigenvalue weighted by Crippen LogP contribution is 2.30. The monoisotopic (exact) mass is 278 g/mol. The average molecular weight is 278 g/mol. The SMILES string of the molecule is CN1CCOC(CN(CC2CC2)C(=O)c2cn[nH]c2)C1. The fraction of sp³-hybridized carbons (Fsp3) is 0.714. The first-order chi connectivity index (χ1) is 9.72. The van der Waals surface area contributed by atoms with Crippen molar-refractivity contribution >= 4 is 5.91 Å². The van der Waals surface area contributed by atoms with Gasteiger partial charge in [0, 0.05) is 32.4 Å². The Morgan fingerprint density at radius 2 is 2.40 bits per heavy atom. The Balaban J connectivity index is 1.64. The van der Waals surface area contributed by atoms with E-state index in [4.69, 9.17) is 4.74 Å². The van der Waals surface area contributed by atoms with Crippen LogP contribution in [0.5, 0.6) is 0 Å². The predicted octanol–water partition coefficient (Wildman–Crippen LogP) is 0.593. The van der Waals surface area contributed by atoms with Crippen molar-refractivity contribution in [1.29, 1.82) is 0 Å². The summed E-state index contributed by atoms with van der Waals surface area (Å²) in [6.07, 6.45) is 5.84. The molecule has 0 spiro atoms. The zero-order valence-corrected chi connectivity index (χ0v) is 11.9. The van der Waals surface area contributed by atoms with Gasteiger partial charge in [0.25, 0.3) is 5.91 Å². The summed E-state index contributed by atoms with van der Waals surface area (Å²) in [4.78, 5) is 16.7. The topological polar surface area (TPSA) is 61.5 Å². The second-order valence-electron chi connectivity index (χ2n) is 5.90. The van der Waals surface area contributed by atoms with Crippen molar-refractivity contribution in [2.45, 2.75) is 18.9 Å². The van der Waals surface area contributed by atoms with Crippen LogP contribution in [0.15, 0.2) is 12.4 Å². The molecule has 1 N–H and O–H groups in total. The summed E-state index contributed by atoms with van der Waals surface area (Å²) >= 11 is 0. The number of nitrogens with one attached hydrogen (secondary N) is 1. The van der Waals surface area contributed by atoms with Crippen LogP contribution in [-0.4, -0.2) is 71.8 Å². The number of hydrogen-bond donors (Lipinski definition) is 1. The molecular weight excluding hydrogens is 256 g/mol. The number of H-pyrrole nitrogens is 1. The van der Waals surface area contributed by atoms with Crippen molar-refractivity contribution in [2.75, 3.05) is 39.8 Å². The van der Waals surface area contributed by atoms with Crippen molar-refractivity contribution in [3.8, 4) is 0 Å². The molecule has 1 saturated carbocycles. The van der Waals surface area contributed by atoms with Gasteiger partial charge in [0.05, 0.1) is 24.5 Å². The number of rotatable bonds is 5.